The van der Waals surface area contributed by atoms with Crippen molar-refractivity contribution in [2.75, 3.05) is 6.66 Å². The molecule has 0 bridgehead atoms. The van der Waals surface area contributed by atoms with E-state index in [9.17, 15) is 13.2 Å². The summed E-state index contributed by atoms with van der Waals surface area (Å²) in [6.45, 7) is 1.79. The molecular formula is C7H7F3NP. The first kappa shape index (κ1) is 9.46. The molecule has 0 aliphatic carbocycles. The van der Waals surface area contributed by atoms with Crippen molar-refractivity contribution in [2.24, 2.45) is 0 Å². The molecule has 0 radical (unpaired) electrons. The van der Waals surface area contributed by atoms with Crippen LogP contribution < -0.4 is 5.44 Å². The zero-order chi connectivity index (χ0) is 9.19. The van der Waals surface area contributed by atoms with Gasteiger partial charge in [0.15, 0.2) is 0 Å². The molecule has 5 heteroatoms. The van der Waals surface area contributed by atoms with E-state index in [1.165, 1.54) is 6.20 Å². The topological polar surface area (TPSA) is 12.9 Å². The lowest BCUT2D eigenvalue weighted by Crippen LogP contribution is -2.10. The fourth-order valence-electron chi connectivity index (χ4n) is 0.744. The molecule has 1 heterocycles. The van der Waals surface area contributed by atoms with Gasteiger partial charge in [-0.05, 0) is 18.8 Å². The summed E-state index contributed by atoms with van der Waals surface area (Å²) in [5.74, 6) is 0. The lowest BCUT2D eigenvalue weighted by atomic mass is 10.3. The van der Waals surface area contributed by atoms with E-state index in [0.29, 0.717) is 14.0 Å². The highest BCUT2D eigenvalue weighted by Crippen LogP contribution is 2.28. The van der Waals surface area contributed by atoms with Gasteiger partial charge < -0.3 is 0 Å². The molecule has 1 aromatic rings. The van der Waals surface area contributed by atoms with Gasteiger partial charge in [0.25, 0.3) is 0 Å². The standard InChI is InChI=1S/C7H7F3NP/c1-12-6-4-5(2-3-11-6)7(8,9)10/h2-4,12H,1H3. The molecule has 0 aliphatic heterocycles. The highest BCUT2D eigenvalue weighted by molar-refractivity contribution is 7.45. The van der Waals surface area contributed by atoms with Crippen molar-refractivity contribution in [3.8, 4) is 0 Å². The Hall–Kier alpha value is -0.630. The van der Waals surface area contributed by atoms with Gasteiger partial charge >= 0.3 is 6.18 Å². The maximum absolute atomic E-state index is 12.1. The van der Waals surface area contributed by atoms with Crippen LogP contribution in [0.2, 0.25) is 0 Å². The number of nitrogens with zero attached hydrogens (tertiary/aromatic N) is 1. The third-order valence-electron chi connectivity index (χ3n) is 1.34. The van der Waals surface area contributed by atoms with Gasteiger partial charge in [-0.2, -0.15) is 13.2 Å². The minimum atomic E-state index is -4.25. The van der Waals surface area contributed by atoms with Crippen molar-refractivity contribution in [3.63, 3.8) is 0 Å². The Morgan fingerprint density at radius 2 is 2.08 bits per heavy atom. The largest absolute Gasteiger partial charge is 0.416 e. The third kappa shape index (κ3) is 2.18. The van der Waals surface area contributed by atoms with Crippen LogP contribution in [-0.2, 0) is 6.18 Å². The average Bonchev–Trinajstić information content (AvgIpc) is 2.03. The SMILES string of the molecule is CPc1cc(C(F)(F)F)ccn1. The second-order valence-electron chi connectivity index (χ2n) is 2.18. The zero-order valence-electron chi connectivity index (χ0n) is 6.31. The Kier molecular flexibility index (Phi) is 2.68. The van der Waals surface area contributed by atoms with E-state index in [0.717, 1.165) is 12.1 Å². The third-order valence-corrected chi connectivity index (χ3v) is 2.13. The molecule has 0 fully saturated rings. The number of hydrogen-bond donors (Lipinski definition) is 0. The Bertz CT molecular complexity index is 272. The first-order valence-corrected chi connectivity index (χ1v) is 4.75. The molecule has 1 unspecified atom stereocenters. The molecule has 0 saturated carbocycles. The number of aromatic nitrogens is 1. The van der Waals surface area contributed by atoms with Crippen LogP contribution in [0.4, 0.5) is 13.2 Å². The lowest BCUT2D eigenvalue weighted by Gasteiger charge is -2.06. The molecule has 1 nitrogen and oxygen atoms in total. The minimum absolute atomic E-state index is 0.294. The summed E-state index contributed by atoms with van der Waals surface area (Å²) in [5, 5.41) is 0. The molecule has 1 atom stereocenters. The molecule has 0 spiro atoms. The molecular weight excluding hydrogens is 186 g/mol. The van der Waals surface area contributed by atoms with Gasteiger partial charge in [0, 0.05) is 6.20 Å². The summed E-state index contributed by atoms with van der Waals surface area (Å²) >= 11 is 0. The van der Waals surface area contributed by atoms with E-state index >= 15 is 0 Å². The fraction of sp³-hybridized carbons (Fsp3) is 0.286. The number of rotatable bonds is 1. The van der Waals surface area contributed by atoms with Crippen LogP contribution in [0, 0.1) is 0 Å². The highest BCUT2D eigenvalue weighted by atomic mass is 31.1. The Morgan fingerprint density at radius 3 is 2.58 bits per heavy atom. The van der Waals surface area contributed by atoms with Crippen LogP contribution >= 0.6 is 8.58 Å². The van der Waals surface area contributed by atoms with Crippen LogP contribution in [0.1, 0.15) is 5.56 Å². The van der Waals surface area contributed by atoms with Gasteiger partial charge in [-0.3, -0.25) is 4.98 Å². The second kappa shape index (κ2) is 3.40. The van der Waals surface area contributed by atoms with Gasteiger partial charge in [0.1, 0.15) is 0 Å². The lowest BCUT2D eigenvalue weighted by molar-refractivity contribution is -0.137. The van der Waals surface area contributed by atoms with E-state index in [2.05, 4.69) is 4.98 Å². The fourth-order valence-corrected chi connectivity index (χ4v) is 1.25. The van der Waals surface area contributed by atoms with Crippen molar-refractivity contribution in [3.05, 3.63) is 23.9 Å². The Labute approximate surface area is 69.8 Å². The van der Waals surface area contributed by atoms with Crippen LogP contribution in [0.25, 0.3) is 0 Å². The van der Waals surface area contributed by atoms with Gasteiger partial charge in [-0.1, -0.05) is 8.58 Å². The smallest absolute Gasteiger partial charge is 0.257 e. The maximum atomic E-state index is 12.1. The zero-order valence-corrected chi connectivity index (χ0v) is 7.31. The molecule has 1 rings (SSSR count). The first-order chi connectivity index (χ1) is 5.54. The van der Waals surface area contributed by atoms with Crippen molar-refractivity contribution < 1.29 is 13.2 Å². The van der Waals surface area contributed by atoms with Crippen molar-refractivity contribution in [2.45, 2.75) is 6.18 Å². The molecule has 0 N–H and O–H groups in total. The average molecular weight is 193 g/mol. The van der Waals surface area contributed by atoms with Crippen LogP contribution in [-0.4, -0.2) is 11.6 Å². The van der Waals surface area contributed by atoms with E-state index < -0.39 is 11.7 Å². The summed E-state index contributed by atoms with van der Waals surface area (Å²) in [6.07, 6.45) is -3.06. The monoisotopic (exact) mass is 193 g/mol. The minimum Gasteiger partial charge on any atom is -0.257 e. The predicted molar refractivity (Wildman–Crippen MR) is 43.1 cm³/mol. The van der Waals surface area contributed by atoms with E-state index in [4.69, 9.17) is 0 Å². The Morgan fingerprint density at radius 1 is 1.42 bits per heavy atom. The molecule has 0 aliphatic rings. The van der Waals surface area contributed by atoms with Gasteiger partial charge in [-0.15, -0.1) is 0 Å². The number of pyridine rings is 1. The maximum Gasteiger partial charge on any atom is 0.416 e. The number of halogens is 3. The quantitative estimate of drug-likeness (QED) is 0.622. The van der Waals surface area contributed by atoms with Gasteiger partial charge in [0.05, 0.1) is 11.0 Å². The highest BCUT2D eigenvalue weighted by Gasteiger charge is 2.30. The summed E-state index contributed by atoms with van der Waals surface area (Å²) in [4.78, 5) is 3.78. The molecule has 12 heavy (non-hydrogen) atoms. The normalized spacial score (nSPS) is 12.7. The van der Waals surface area contributed by atoms with Crippen molar-refractivity contribution in [1.82, 2.24) is 4.98 Å². The molecule has 0 amide bonds. The van der Waals surface area contributed by atoms with E-state index in [1.54, 1.807) is 6.66 Å². The van der Waals surface area contributed by atoms with Gasteiger partial charge in [-0.25, -0.2) is 0 Å². The predicted octanol–water partition coefficient (Wildman–Crippen LogP) is 2.03. The van der Waals surface area contributed by atoms with Crippen LogP contribution in [0.15, 0.2) is 18.3 Å². The molecule has 1 aromatic heterocycles. The molecule has 0 saturated heterocycles. The summed E-state index contributed by atoms with van der Waals surface area (Å²) in [7, 11) is 0.294. The van der Waals surface area contributed by atoms with Crippen LogP contribution in [0.3, 0.4) is 0 Å². The van der Waals surface area contributed by atoms with E-state index in [1.807, 2.05) is 0 Å². The molecule has 66 valence electrons. The second-order valence-corrected chi connectivity index (χ2v) is 3.19. The summed E-state index contributed by atoms with van der Waals surface area (Å²) in [6, 6.07) is 2.06. The number of hydrogen-bond acceptors (Lipinski definition) is 1. The molecule has 0 aromatic carbocycles. The van der Waals surface area contributed by atoms with Crippen LogP contribution in [0.5, 0.6) is 0 Å². The van der Waals surface area contributed by atoms with E-state index in [-0.39, 0.29) is 0 Å². The van der Waals surface area contributed by atoms with Crippen molar-refractivity contribution >= 4 is 14.0 Å². The first-order valence-electron chi connectivity index (χ1n) is 3.25. The number of alkyl halides is 3. The van der Waals surface area contributed by atoms with Gasteiger partial charge in [0.2, 0.25) is 0 Å². The summed E-state index contributed by atoms with van der Waals surface area (Å²) in [5.41, 5.74) is -0.133. The summed E-state index contributed by atoms with van der Waals surface area (Å²) < 4.78 is 36.2. The Balaban J connectivity index is 3.02. The van der Waals surface area contributed by atoms with Crippen molar-refractivity contribution in [1.29, 1.82) is 0 Å².